The van der Waals surface area contributed by atoms with Crippen LogP contribution in [0.25, 0.3) is 22.3 Å². The normalized spacial score (nSPS) is 14.1. The van der Waals surface area contributed by atoms with Crippen molar-refractivity contribution < 1.29 is 17.3 Å². The molecule has 0 spiro atoms. The molecule has 0 atom stereocenters. The predicted octanol–water partition coefficient (Wildman–Crippen LogP) is 10.1. The summed E-state index contributed by atoms with van der Waals surface area (Å²) in [5, 5.41) is 0. The Morgan fingerprint density at radius 1 is 0.513 bits per heavy atom. The molecule has 0 amide bonds. The van der Waals surface area contributed by atoms with Crippen molar-refractivity contribution in [2.75, 3.05) is 0 Å². The first-order valence-electron chi connectivity index (χ1n) is 12.9. The summed E-state index contributed by atoms with van der Waals surface area (Å²) in [4.78, 5) is 0. The zero-order chi connectivity index (χ0) is 27.6. The smallest absolute Gasteiger partial charge is 0.418 e. The van der Waals surface area contributed by atoms with Gasteiger partial charge in [0, 0.05) is 13.8 Å². The molecule has 0 saturated carbocycles. The molecular formula is C34H27BF4. The summed E-state index contributed by atoms with van der Waals surface area (Å²) in [6, 6.07) is 43.8. The van der Waals surface area contributed by atoms with E-state index in [1.165, 1.54) is 61.2 Å². The van der Waals surface area contributed by atoms with E-state index in [0.717, 1.165) is 0 Å². The molecule has 0 N–H and O–H groups in total. The summed E-state index contributed by atoms with van der Waals surface area (Å²) in [5.74, 6) is 0.218. The van der Waals surface area contributed by atoms with Crippen LogP contribution in [0.5, 0.6) is 0 Å². The highest BCUT2D eigenvalue weighted by Crippen LogP contribution is 2.61. The number of rotatable bonds is 5. The van der Waals surface area contributed by atoms with E-state index >= 15 is 0 Å². The van der Waals surface area contributed by atoms with E-state index in [9.17, 15) is 17.3 Å². The Bertz CT molecular complexity index is 1460. The molecule has 5 aromatic carbocycles. The average Bonchev–Trinajstić information content (AvgIpc) is 3.37. The summed E-state index contributed by atoms with van der Waals surface area (Å²) in [5.41, 5.74) is 15.1. The van der Waals surface area contributed by atoms with E-state index < -0.39 is 7.25 Å². The van der Waals surface area contributed by atoms with E-state index in [4.69, 9.17) is 0 Å². The first kappa shape index (κ1) is 26.4. The van der Waals surface area contributed by atoms with Gasteiger partial charge in [0.15, 0.2) is 16.7 Å². The molecule has 0 nitrogen and oxygen atoms in total. The van der Waals surface area contributed by atoms with Gasteiger partial charge < -0.3 is 17.3 Å². The highest BCUT2D eigenvalue weighted by Gasteiger charge is 2.48. The molecule has 0 heterocycles. The third kappa shape index (κ3) is 5.63. The second kappa shape index (κ2) is 10.9. The third-order valence-corrected chi connectivity index (χ3v) is 7.26. The minimum absolute atomic E-state index is 0.218. The Morgan fingerprint density at radius 3 is 1.03 bits per heavy atom. The summed E-state index contributed by atoms with van der Waals surface area (Å²) in [6.07, 6.45) is 0. The molecule has 0 unspecified atom stereocenters. The van der Waals surface area contributed by atoms with Gasteiger partial charge in [0.1, 0.15) is 5.92 Å². The number of allylic oxidation sites excluding steroid dienone is 4. The van der Waals surface area contributed by atoms with Crippen molar-refractivity contribution >= 4 is 29.5 Å². The van der Waals surface area contributed by atoms with Gasteiger partial charge in [0.05, 0.1) is 0 Å². The van der Waals surface area contributed by atoms with E-state index in [-0.39, 0.29) is 5.92 Å². The van der Waals surface area contributed by atoms with Gasteiger partial charge in [-0.3, -0.25) is 0 Å². The van der Waals surface area contributed by atoms with E-state index in [1.54, 1.807) is 0 Å². The molecule has 5 aromatic rings. The number of halogens is 4. The molecule has 0 fully saturated rings. The zero-order valence-electron chi connectivity index (χ0n) is 21.7. The van der Waals surface area contributed by atoms with Crippen LogP contribution in [0.15, 0.2) is 121 Å². The minimum atomic E-state index is -6.00. The van der Waals surface area contributed by atoms with Crippen LogP contribution in [0.1, 0.15) is 44.9 Å². The minimum Gasteiger partial charge on any atom is -0.418 e. The molecule has 194 valence electrons. The summed E-state index contributed by atoms with van der Waals surface area (Å²) >= 11 is 0. The lowest BCUT2D eigenvalue weighted by atomic mass is 9.83. The lowest BCUT2D eigenvalue weighted by Crippen LogP contribution is -2.02. The topological polar surface area (TPSA) is 0 Å². The van der Waals surface area contributed by atoms with Crippen LogP contribution in [0.3, 0.4) is 0 Å². The van der Waals surface area contributed by atoms with Gasteiger partial charge in [-0.05, 0) is 44.5 Å². The first-order valence-corrected chi connectivity index (χ1v) is 12.9. The summed E-state index contributed by atoms with van der Waals surface area (Å²) in [6.45, 7) is 4.55. The quantitative estimate of drug-likeness (QED) is 0.122. The zero-order valence-corrected chi connectivity index (χ0v) is 21.7. The monoisotopic (exact) mass is 522 g/mol. The van der Waals surface area contributed by atoms with E-state index in [2.05, 4.69) is 135 Å². The van der Waals surface area contributed by atoms with Crippen molar-refractivity contribution in [2.24, 2.45) is 0 Å². The third-order valence-electron chi connectivity index (χ3n) is 7.26. The fourth-order valence-electron chi connectivity index (χ4n) is 5.52. The van der Waals surface area contributed by atoms with Crippen LogP contribution in [-0.2, 0) is 0 Å². The molecule has 1 aliphatic rings. The molecule has 0 radical (unpaired) electrons. The lowest BCUT2D eigenvalue weighted by Gasteiger charge is -2.15. The van der Waals surface area contributed by atoms with Crippen molar-refractivity contribution in [3.05, 3.63) is 160 Å². The Hall–Kier alpha value is -4.25. The second-order valence-corrected chi connectivity index (χ2v) is 9.63. The fourth-order valence-corrected chi connectivity index (χ4v) is 5.52. The molecular weight excluding hydrogens is 495 g/mol. The molecule has 0 saturated heterocycles. The van der Waals surface area contributed by atoms with E-state index in [0.29, 0.717) is 0 Å². The maximum Gasteiger partial charge on any atom is 0.673 e. The molecule has 0 bridgehead atoms. The largest absolute Gasteiger partial charge is 0.673 e. The van der Waals surface area contributed by atoms with Gasteiger partial charge in [-0.25, -0.2) is 0 Å². The number of hydrogen-bond acceptors (Lipinski definition) is 0. The summed E-state index contributed by atoms with van der Waals surface area (Å²) < 4.78 is 39.0. The van der Waals surface area contributed by atoms with Crippen LogP contribution in [0.4, 0.5) is 17.3 Å². The molecule has 0 aromatic heterocycles. The van der Waals surface area contributed by atoms with Crippen molar-refractivity contribution in [2.45, 2.75) is 19.8 Å². The van der Waals surface area contributed by atoms with Gasteiger partial charge in [-0.15, -0.1) is 0 Å². The number of benzene rings is 4. The number of hydrogen-bond donors (Lipinski definition) is 0. The molecule has 6 rings (SSSR count). The maximum atomic E-state index is 9.75. The summed E-state index contributed by atoms with van der Waals surface area (Å²) in [7, 11) is -6.00. The van der Waals surface area contributed by atoms with Gasteiger partial charge in [-0.1, -0.05) is 121 Å². The SMILES string of the molecule is Cc1c(C2C(c3ccccc3)=C(c3ccccc3)C(c3ccccc3)=C2c2ccccc2)[c+]1C.F[B-](F)(F)F. The van der Waals surface area contributed by atoms with Crippen molar-refractivity contribution in [1.29, 1.82) is 0 Å². The first-order chi connectivity index (χ1) is 18.8. The van der Waals surface area contributed by atoms with Crippen LogP contribution < -0.4 is 0 Å². The van der Waals surface area contributed by atoms with Gasteiger partial charge in [-0.2, -0.15) is 0 Å². The van der Waals surface area contributed by atoms with Crippen LogP contribution in [0.2, 0.25) is 0 Å². The second-order valence-electron chi connectivity index (χ2n) is 9.63. The fraction of sp³-hybridized carbons (Fsp3) is 0.0882. The van der Waals surface area contributed by atoms with Crippen LogP contribution >= 0.6 is 0 Å². The van der Waals surface area contributed by atoms with Gasteiger partial charge in [0.25, 0.3) is 0 Å². The van der Waals surface area contributed by atoms with Crippen LogP contribution in [-0.4, -0.2) is 7.25 Å². The molecule has 1 aliphatic carbocycles. The Kier molecular flexibility index (Phi) is 7.34. The van der Waals surface area contributed by atoms with Gasteiger partial charge in [0.2, 0.25) is 0 Å². The van der Waals surface area contributed by atoms with Gasteiger partial charge >= 0.3 is 7.25 Å². The molecule has 0 aliphatic heterocycles. The van der Waals surface area contributed by atoms with Crippen molar-refractivity contribution in [3.8, 4) is 0 Å². The van der Waals surface area contributed by atoms with Crippen LogP contribution in [0, 0.1) is 13.8 Å². The Morgan fingerprint density at radius 2 is 0.769 bits per heavy atom. The highest BCUT2D eigenvalue weighted by molar-refractivity contribution is 6.50. The Labute approximate surface area is 226 Å². The Balaban J connectivity index is 0.000000567. The standard InChI is InChI=1S/C34H27.BF4/c1-23-24(2)29(23)34-32(27-19-11-5-12-20-27)30(25-15-7-3-8-16-25)31(26-17-9-4-10-18-26)33(34)28-21-13-6-14-22-28;2-1(3,4)5/h3-22,34H,1-2H3;/q+1;-1. The van der Waals surface area contributed by atoms with Crippen molar-refractivity contribution in [3.63, 3.8) is 0 Å². The predicted molar refractivity (Wildman–Crippen MR) is 155 cm³/mol. The highest BCUT2D eigenvalue weighted by atomic mass is 19.5. The molecule has 39 heavy (non-hydrogen) atoms. The van der Waals surface area contributed by atoms with E-state index in [1.807, 2.05) is 0 Å². The average molecular weight is 522 g/mol. The lowest BCUT2D eigenvalue weighted by molar-refractivity contribution is 0.368. The molecule has 5 heteroatoms. The van der Waals surface area contributed by atoms with Crippen molar-refractivity contribution in [1.82, 2.24) is 0 Å². The maximum absolute atomic E-state index is 9.75.